The molecule has 0 spiro atoms. The van der Waals surface area contributed by atoms with Crippen molar-refractivity contribution in [1.82, 2.24) is 24.5 Å². The van der Waals surface area contributed by atoms with Gasteiger partial charge in [-0.15, -0.1) is 0 Å². The Balaban J connectivity index is 1.05. The van der Waals surface area contributed by atoms with Crippen LogP contribution in [-0.2, 0) is 0 Å². The molecule has 0 aliphatic carbocycles. The molecule has 0 atom stereocenters. The Morgan fingerprint density at radius 2 is 0.869 bits per heavy atom. The van der Waals surface area contributed by atoms with Gasteiger partial charge in [-0.3, -0.25) is 0 Å². The summed E-state index contributed by atoms with van der Waals surface area (Å²) in [7, 11) is 0. The minimum Gasteiger partial charge on any atom is -0.309 e. The van der Waals surface area contributed by atoms with Crippen molar-refractivity contribution in [2.75, 3.05) is 0 Å². The van der Waals surface area contributed by atoms with E-state index in [9.17, 15) is 0 Å². The van der Waals surface area contributed by atoms with Crippen LogP contribution in [0.5, 0.6) is 0 Å². The van der Waals surface area contributed by atoms with Crippen molar-refractivity contribution in [2.24, 2.45) is 0 Å². The van der Waals surface area contributed by atoms with Gasteiger partial charge in [-0.25, -0.2) is 19.9 Å². The Labute approximate surface area is 351 Å². The first-order valence-corrected chi connectivity index (χ1v) is 20.6. The summed E-state index contributed by atoms with van der Waals surface area (Å²) in [5.74, 6) is 1.94. The minimum atomic E-state index is 0.641. The van der Waals surface area contributed by atoms with Gasteiger partial charge in [0.2, 0.25) is 0 Å². The lowest BCUT2D eigenvalue weighted by Crippen LogP contribution is -2.00. The minimum absolute atomic E-state index is 0.641. The molecule has 0 aliphatic heterocycles. The number of aromatic nitrogens is 5. The highest BCUT2D eigenvalue weighted by molar-refractivity contribution is 6.23. The van der Waals surface area contributed by atoms with E-state index in [0.29, 0.717) is 17.5 Å². The topological polar surface area (TPSA) is 56.5 Å². The largest absolute Gasteiger partial charge is 0.309 e. The van der Waals surface area contributed by atoms with Gasteiger partial charge >= 0.3 is 0 Å². The van der Waals surface area contributed by atoms with Crippen LogP contribution >= 0.6 is 0 Å². The van der Waals surface area contributed by atoms with Gasteiger partial charge in [-0.1, -0.05) is 164 Å². The molecule has 0 unspecified atom stereocenters. The van der Waals surface area contributed by atoms with E-state index in [4.69, 9.17) is 19.9 Å². The van der Waals surface area contributed by atoms with Crippen LogP contribution < -0.4 is 0 Å². The average molecular weight is 778 g/mol. The summed E-state index contributed by atoms with van der Waals surface area (Å²) in [6.07, 6.45) is 0. The fourth-order valence-corrected chi connectivity index (χ4v) is 8.91. The summed E-state index contributed by atoms with van der Waals surface area (Å²) < 4.78 is 2.41. The maximum atomic E-state index is 5.27. The lowest BCUT2D eigenvalue weighted by Gasteiger charge is -2.12. The third-order valence-electron chi connectivity index (χ3n) is 11.8. The van der Waals surface area contributed by atoms with Crippen LogP contribution in [0.15, 0.2) is 212 Å². The zero-order valence-corrected chi connectivity index (χ0v) is 32.9. The lowest BCUT2D eigenvalue weighted by atomic mass is 9.94. The number of rotatable bonds is 6. The highest BCUT2D eigenvalue weighted by Gasteiger charge is 2.20. The predicted molar refractivity (Wildman–Crippen MR) is 252 cm³/mol. The molecule has 0 amide bonds. The number of hydrogen-bond donors (Lipinski definition) is 0. The molecule has 0 bridgehead atoms. The summed E-state index contributed by atoms with van der Waals surface area (Å²) in [4.78, 5) is 20.2. The number of pyridine rings is 1. The van der Waals surface area contributed by atoms with Crippen LogP contribution in [0, 0.1) is 0 Å². The molecular weight excluding hydrogens is 743 g/mol. The summed E-state index contributed by atoms with van der Waals surface area (Å²) in [6.45, 7) is 0. The quantitative estimate of drug-likeness (QED) is 0.158. The van der Waals surface area contributed by atoms with Crippen LogP contribution in [0.1, 0.15) is 0 Å². The monoisotopic (exact) mass is 777 g/mol. The molecule has 0 aliphatic rings. The first-order chi connectivity index (χ1) is 30.2. The number of benzene rings is 9. The van der Waals surface area contributed by atoms with Gasteiger partial charge in [0.05, 0.1) is 22.2 Å². The Kier molecular flexibility index (Phi) is 8.10. The molecule has 3 heterocycles. The fraction of sp³-hybridized carbons (Fsp3) is 0. The maximum absolute atomic E-state index is 5.27. The molecule has 9 aromatic carbocycles. The van der Waals surface area contributed by atoms with Gasteiger partial charge in [0.25, 0.3) is 0 Å². The first kappa shape index (κ1) is 34.7. The second-order valence-corrected chi connectivity index (χ2v) is 15.4. The third kappa shape index (κ3) is 5.94. The van der Waals surface area contributed by atoms with Gasteiger partial charge in [0.1, 0.15) is 0 Å². The second-order valence-electron chi connectivity index (χ2n) is 15.4. The molecule has 0 fully saturated rings. The van der Waals surface area contributed by atoms with Crippen molar-refractivity contribution in [2.45, 2.75) is 0 Å². The molecule has 61 heavy (non-hydrogen) atoms. The van der Waals surface area contributed by atoms with Crippen molar-refractivity contribution in [1.29, 1.82) is 0 Å². The fourth-order valence-electron chi connectivity index (χ4n) is 8.91. The van der Waals surface area contributed by atoms with Crippen molar-refractivity contribution in [3.8, 4) is 62.2 Å². The predicted octanol–water partition coefficient (Wildman–Crippen LogP) is 14.2. The maximum Gasteiger partial charge on any atom is 0.164 e. The van der Waals surface area contributed by atoms with Crippen LogP contribution in [0.2, 0.25) is 0 Å². The van der Waals surface area contributed by atoms with Gasteiger partial charge in [-0.05, 0) is 75.8 Å². The van der Waals surface area contributed by atoms with Crippen LogP contribution in [0.25, 0.3) is 116 Å². The zero-order valence-electron chi connectivity index (χ0n) is 32.9. The number of hydrogen-bond acceptors (Lipinski definition) is 4. The van der Waals surface area contributed by atoms with Crippen LogP contribution in [0.4, 0.5) is 0 Å². The summed E-state index contributed by atoms with van der Waals surface area (Å²) in [5, 5.41) is 8.13. The molecule has 0 N–H and O–H groups in total. The summed E-state index contributed by atoms with van der Waals surface area (Å²) in [5.41, 5.74) is 11.7. The van der Waals surface area contributed by atoms with Gasteiger partial charge in [0.15, 0.2) is 17.5 Å². The second kappa shape index (κ2) is 14.2. The lowest BCUT2D eigenvalue weighted by molar-refractivity contribution is 1.07. The number of nitrogens with zero attached hydrogens (tertiary/aromatic N) is 5. The Morgan fingerprint density at radius 1 is 0.311 bits per heavy atom. The highest BCUT2D eigenvalue weighted by Crippen LogP contribution is 2.43. The molecule has 12 rings (SSSR count). The summed E-state index contributed by atoms with van der Waals surface area (Å²) >= 11 is 0. The number of para-hydroxylation sites is 2. The normalized spacial score (nSPS) is 11.6. The molecule has 5 nitrogen and oxygen atoms in total. The van der Waals surface area contributed by atoms with E-state index >= 15 is 0 Å². The molecule has 0 radical (unpaired) electrons. The van der Waals surface area contributed by atoms with Crippen molar-refractivity contribution in [3.63, 3.8) is 0 Å². The van der Waals surface area contributed by atoms with E-state index in [2.05, 4.69) is 156 Å². The van der Waals surface area contributed by atoms with E-state index in [0.717, 1.165) is 77.3 Å². The zero-order chi connectivity index (χ0) is 40.3. The Hall–Kier alpha value is -8.28. The van der Waals surface area contributed by atoms with Gasteiger partial charge in [-0.2, -0.15) is 0 Å². The highest BCUT2D eigenvalue weighted by atomic mass is 15.0. The third-order valence-corrected chi connectivity index (χ3v) is 11.8. The van der Waals surface area contributed by atoms with E-state index in [-0.39, 0.29) is 0 Å². The van der Waals surface area contributed by atoms with E-state index in [1.54, 1.807) is 0 Å². The Bertz CT molecular complexity index is 3560. The van der Waals surface area contributed by atoms with E-state index < -0.39 is 0 Å². The van der Waals surface area contributed by atoms with Crippen molar-refractivity contribution in [3.05, 3.63) is 212 Å². The van der Waals surface area contributed by atoms with Crippen LogP contribution in [-0.4, -0.2) is 24.5 Å². The molecule has 12 aromatic rings. The van der Waals surface area contributed by atoms with Gasteiger partial charge < -0.3 is 4.57 Å². The molecule has 0 saturated carbocycles. The summed E-state index contributed by atoms with van der Waals surface area (Å²) in [6, 6.07) is 74.7. The molecule has 0 saturated heterocycles. The van der Waals surface area contributed by atoms with Crippen molar-refractivity contribution < 1.29 is 0 Å². The van der Waals surface area contributed by atoms with E-state index in [1.807, 2.05) is 60.7 Å². The van der Waals surface area contributed by atoms with Crippen LogP contribution in [0.3, 0.4) is 0 Å². The average Bonchev–Trinajstić information content (AvgIpc) is 3.67. The van der Waals surface area contributed by atoms with Crippen molar-refractivity contribution >= 4 is 54.3 Å². The smallest absolute Gasteiger partial charge is 0.164 e. The SMILES string of the molecule is c1ccc(-c2nc(-c3ccccc3)nc(-c3ccc4cc(-c5cccc6c5c5cc7c(cc5n6-c5ccccc5)c(-c5ccccc5)nc5ccccc57)ccc4c3)n2)cc1. The standard InChI is InChI=1S/C56H35N5/c1-5-16-36(17-6-1)53-47-35-51-48(34-46(47)45-24-13-14-26-49(45)57-53)52-44(25-15-27-50(52)61(51)43-22-11-4-12-23-43)41-30-28-40-33-42(31-29-39(40)32-41)56-59-54(37-18-7-2-8-19-37)58-55(60-56)38-20-9-3-10-21-38/h1-35H. The molecule has 5 heteroatoms. The Morgan fingerprint density at radius 3 is 1.54 bits per heavy atom. The molecular formula is C56H35N5. The number of fused-ring (bicyclic) bond motifs is 7. The molecule has 3 aromatic heterocycles. The van der Waals surface area contributed by atoms with E-state index in [1.165, 1.54) is 21.7 Å². The first-order valence-electron chi connectivity index (χ1n) is 20.6. The molecule has 284 valence electrons. The van der Waals surface area contributed by atoms with Gasteiger partial charge in [0, 0.05) is 49.5 Å².